The van der Waals surface area contributed by atoms with E-state index in [0.717, 1.165) is 17.7 Å². The SMILES string of the molecule is CC[C@@H](C)c1ccccc1N1C[C@H](C(=O)NCc2ccc(C)cc2)CC1=O. The monoisotopic (exact) mass is 364 g/mol. The predicted octanol–water partition coefficient (Wildman–Crippen LogP) is 4.18. The summed E-state index contributed by atoms with van der Waals surface area (Å²) in [5, 5.41) is 2.98. The highest BCUT2D eigenvalue weighted by molar-refractivity contribution is 6.00. The van der Waals surface area contributed by atoms with Gasteiger partial charge in [0, 0.05) is 25.2 Å². The van der Waals surface area contributed by atoms with Crippen LogP contribution in [-0.2, 0) is 16.1 Å². The first-order valence-electron chi connectivity index (χ1n) is 9.72. The average Bonchev–Trinajstić information content (AvgIpc) is 3.08. The molecule has 0 aliphatic carbocycles. The molecule has 142 valence electrons. The summed E-state index contributed by atoms with van der Waals surface area (Å²) in [5.74, 6) is 0.0602. The van der Waals surface area contributed by atoms with E-state index in [2.05, 4.69) is 25.2 Å². The fourth-order valence-electron chi connectivity index (χ4n) is 3.53. The second-order valence-corrected chi connectivity index (χ2v) is 7.48. The summed E-state index contributed by atoms with van der Waals surface area (Å²) in [6.07, 6.45) is 1.29. The van der Waals surface area contributed by atoms with Crippen molar-refractivity contribution in [2.75, 3.05) is 11.4 Å². The van der Waals surface area contributed by atoms with Crippen LogP contribution in [0.5, 0.6) is 0 Å². The molecule has 4 nitrogen and oxygen atoms in total. The van der Waals surface area contributed by atoms with Crippen molar-refractivity contribution in [3.63, 3.8) is 0 Å². The largest absolute Gasteiger partial charge is 0.352 e. The van der Waals surface area contributed by atoms with E-state index in [9.17, 15) is 9.59 Å². The van der Waals surface area contributed by atoms with E-state index in [1.54, 1.807) is 4.90 Å². The fraction of sp³-hybridized carbons (Fsp3) is 0.391. The number of hydrogen-bond donors (Lipinski definition) is 1. The minimum absolute atomic E-state index is 0.0289. The number of para-hydroxylation sites is 1. The molecule has 1 N–H and O–H groups in total. The van der Waals surface area contributed by atoms with Gasteiger partial charge in [0.05, 0.1) is 5.92 Å². The zero-order valence-electron chi connectivity index (χ0n) is 16.4. The number of rotatable bonds is 6. The molecular formula is C23H28N2O2. The summed E-state index contributed by atoms with van der Waals surface area (Å²) in [5.41, 5.74) is 4.39. The summed E-state index contributed by atoms with van der Waals surface area (Å²) >= 11 is 0. The van der Waals surface area contributed by atoms with Crippen molar-refractivity contribution in [1.82, 2.24) is 5.32 Å². The molecule has 27 heavy (non-hydrogen) atoms. The van der Waals surface area contributed by atoms with E-state index in [-0.39, 0.29) is 24.2 Å². The second-order valence-electron chi connectivity index (χ2n) is 7.48. The van der Waals surface area contributed by atoms with Crippen LogP contribution in [0.3, 0.4) is 0 Å². The molecule has 1 fully saturated rings. The van der Waals surface area contributed by atoms with Crippen molar-refractivity contribution in [3.8, 4) is 0 Å². The van der Waals surface area contributed by atoms with Crippen molar-refractivity contribution >= 4 is 17.5 Å². The van der Waals surface area contributed by atoms with Crippen LogP contribution in [0.1, 0.15) is 49.3 Å². The van der Waals surface area contributed by atoms with Gasteiger partial charge in [0.1, 0.15) is 0 Å². The van der Waals surface area contributed by atoms with Gasteiger partial charge in [-0.05, 0) is 36.5 Å². The Morgan fingerprint density at radius 2 is 1.89 bits per heavy atom. The molecular weight excluding hydrogens is 336 g/mol. The van der Waals surface area contributed by atoms with Gasteiger partial charge in [0.2, 0.25) is 11.8 Å². The minimum Gasteiger partial charge on any atom is -0.352 e. The van der Waals surface area contributed by atoms with Gasteiger partial charge in [0.25, 0.3) is 0 Å². The maximum atomic E-state index is 12.6. The number of nitrogens with one attached hydrogen (secondary N) is 1. The molecule has 1 heterocycles. The van der Waals surface area contributed by atoms with Gasteiger partial charge in [0.15, 0.2) is 0 Å². The molecule has 3 rings (SSSR count). The summed E-state index contributed by atoms with van der Waals surface area (Å²) in [6.45, 7) is 7.30. The first kappa shape index (κ1) is 19.2. The molecule has 0 bridgehead atoms. The van der Waals surface area contributed by atoms with Gasteiger partial charge in [-0.15, -0.1) is 0 Å². The normalized spacial score (nSPS) is 17.8. The van der Waals surface area contributed by atoms with Crippen molar-refractivity contribution in [3.05, 3.63) is 65.2 Å². The quantitative estimate of drug-likeness (QED) is 0.836. The Kier molecular flexibility index (Phi) is 5.94. The van der Waals surface area contributed by atoms with E-state index in [1.807, 2.05) is 49.4 Å². The highest BCUT2D eigenvalue weighted by Gasteiger charge is 2.36. The number of carbonyl (C=O) groups is 2. The summed E-state index contributed by atoms with van der Waals surface area (Å²) in [4.78, 5) is 27.0. The van der Waals surface area contributed by atoms with Gasteiger partial charge < -0.3 is 10.2 Å². The highest BCUT2D eigenvalue weighted by atomic mass is 16.2. The Hall–Kier alpha value is -2.62. The first-order chi connectivity index (χ1) is 13.0. The van der Waals surface area contributed by atoms with E-state index in [0.29, 0.717) is 19.0 Å². The lowest BCUT2D eigenvalue weighted by atomic mass is 9.96. The van der Waals surface area contributed by atoms with Gasteiger partial charge in [-0.1, -0.05) is 61.9 Å². The van der Waals surface area contributed by atoms with Crippen molar-refractivity contribution in [2.24, 2.45) is 5.92 Å². The van der Waals surface area contributed by atoms with Crippen LogP contribution in [0.15, 0.2) is 48.5 Å². The third kappa shape index (κ3) is 4.38. The molecule has 0 saturated carbocycles. The molecule has 0 radical (unpaired) electrons. The van der Waals surface area contributed by atoms with Gasteiger partial charge in [-0.25, -0.2) is 0 Å². The molecule has 1 saturated heterocycles. The van der Waals surface area contributed by atoms with E-state index < -0.39 is 0 Å². The second kappa shape index (κ2) is 8.38. The van der Waals surface area contributed by atoms with Gasteiger partial charge >= 0.3 is 0 Å². The van der Waals surface area contributed by atoms with Crippen LogP contribution in [0.2, 0.25) is 0 Å². The zero-order valence-corrected chi connectivity index (χ0v) is 16.4. The highest BCUT2D eigenvalue weighted by Crippen LogP contribution is 2.33. The van der Waals surface area contributed by atoms with Gasteiger partial charge in [-0.3, -0.25) is 9.59 Å². The molecule has 0 unspecified atom stereocenters. The Labute approximate surface area is 161 Å². The lowest BCUT2D eigenvalue weighted by Gasteiger charge is -2.23. The average molecular weight is 364 g/mol. The van der Waals surface area contributed by atoms with Crippen LogP contribution in [-0.4, -0.2) is 18.4 Å². The molecule has 0 spiro atoms. The topological polar surface area (TPSA) is 49.4 Å². The predicted molar refractivity (Wildman–Crippen MR) is 109 cm³/mol. The number of amides is 2. The van der Waals surface area contributed by atoms with Crippen LogP contribution >= 0.6 is 0 Å². The number of hydrogen-bond acceptors (Lipinski definition) is 2. The van der Waals surface area contributed by atoms with Crippen molar-refractivity contribution in [2.45, 2.75) is 46.1 Å². The molecule has 2 aromatic rings. The third-order valence-corrected chi connectivity index (χ3v) is 5.45. The lowest BCUT2D eigenvalue weighted by Crippen LogP contribution is -2.32. The molecule has 2 atom stereocenters. The van der Waals surface area contributed by atoms with Crippen LogP contribution < -0.4 is 10.2 Å². The number of aryl methyl sites for hydroxylation is 1. The van der Waals surface area contributed by atoms with Crippen LogP contribution in [0.4, 0.5) is 5.69 Å². The van der Waals surface area contributed by atoms with E-state index >= 15 is 0 Å². The Morgan fingerprint density at radius 3 is 2.59 bits per heavy atom. The van der Waals surface area contributed by atoms with E-state index in [1.165, 1.54) is 11.1 Å². The van der Waals surface area contributed by atoms with Crippen LogP contribution in [0.25, 0.3) is 0 Å². The molecule has 1 aliphatic rings. The maximum absolute atomic E-state index is 12.6. The summed E-state index contributed by atoms with van der Waals surface area (Å²) in [6, 6.07) is 16.2. The van der Waals surface area contributed by atoms with Crippen molar-refractivity contribution < 1.29 is 9.59 Å². The summed E-state index contributed by atoms with van der Waals surface area (Å²) in [7, 11) is 0. The standard InChI is InChI=1S/C23H28N2O2/c1-4-17(3)20-7-5-6-8-21(20)25-15-19(13-22(25)26)23(27)24-14-18-11-9-16(2)10-12-18/h5-12,17,19H,4,13-15H2,1-3H3,(H,24,27)/t17-,19-/m1/s1. The molecule has 2 amide bonds. The van der Waals surface area contributed by atoms with E-state index in [4.69, 9.17) is 0 Å². The van der Waals surface area contributed by atoms with Crippen molar-refractivity contribution in [1.29, 1.82) is 0 Å². The zero-order chi connectivity index (χ0) is 19.4. The maximum Gasteiger partial charge on any atom is 0.227 e. The smallest absolute Gasteiger partial charge is 0.227 e. The first-order valence-corrected chi connectivity index (χ1v) is 9.72. The fourth-order valence-corrected chi connectivity index (χ4v) is 3.53. The third-order valence-electron chi connectivity index (χ3n) is 5.45. The molecule has 4 heteroatoms. The number of carbonyl (C=O) groups excluding carboxylic acids is 2. The van der Waals surface area contributed by atoms with Crippen LogP contribution in [0, 0.1) is 12.8 Å². The molecule has 0 aromatic heterocycles. The Bertz CT molecular complexity index is 813. The minimum atomic E-state index is -0.298. The number of anilines is 1. The lowest BCUT2D eigenvalue weighted by molar-refractivity contribution is -0.126. The number of nitrogens with zero attached hydrogens (tertiary/aromatic N) is 1. The molecule has 2 aromatic carbocycles. The summed E-state index contributed by atoms with van der Waals surface area (Å²) < 4.78 is 0. The van der Waals surface area contributed by atoms with Gasteiger partial charge in [-0.2, -0.15) is 0 Å². The Morgan fingerprint density at radius 1 is 1.19 bits per heavy atom. The number of benzene rings is 2. The Balaban J connectivity index is 1.67. The molecule has 1 aliphatic heterocycles.